The normalized spacial score (nSPS) is 12.8. The summed E-state index contributed by atoms with van der Waals surface area (Å²) in [4.78, 5) is 0. The highest BCUT2D eigenvalue weighted by atomic mass is 35.5. The van der Waals surface area contributed by atoms with E-state index in [-0.39, 0.29) is 6.04 Å². The van der Waals surface area contributed by atoms with Crippen LogP contribution < -0.4 is 17.0 Å². The lowest BCUT2D eigenvalue weighted by Crippen LogP contribution is -2.30. The van der Waals surface area contributed by atoms with Gasteiger partial charge in [0, 0.05) is 26.1 Å². The summed E-state index contributed by atoms with van der Waals surface area (Å²) in [5.41, 5.74) is 11.4. The van der Waals surface area contributed by atoms with E-state index in [1.54, 1.807) is 22.6 Å². The van der Waals surface area contributed by atoms with Gasteiger partial charge in [0.15, 0.2) is 0 Å². The number of aryl methyl sites for hydroxylation is 3. The summed E-state index contributed by atoms with van der Waals surface area (Å²) in [5.74, 6) is 6.24. The van der Waals surface area contributed by atoms with Crippen molar-refractivity contribution in [2.24, 2.45) is 19.9 Å². The van der Waals surface area contributed by atoms with Crippen LogP contribution in [0.25, 0.3) is 0 Å². The van der Waals surface area contributed by atoms with Crippen LogP contribution in [0.2, 0.25) is 5.02 Å². The largest absolute Gasteiger partial charge is 0.384 e. The first-order valence-corrected chi connectivity index (χ1v) is 6.81. The Morgan fingerprint density at radius 2 is 2.10 bits per heavy atom. The fraction of sp³-hybridized carbons (Fsp3) is 0.500. The highest BCUT2D eigenvalue weighted by molar-refractivity contribution is 6.31. The third-order valence-corrected chi connectivity index (χ3v) is 3.93. The lowest BCUT2D eigenvalue weighted by molar-refractivity contribution is 0.531. The van der Waals surface area contributed by atoms with E-state index in [4.69, 9.17) is 23.2 Å². The fourth-order valence-corrected chi connectivity index (χ4v) is 2.60. The quantitative estimate of drug-likeness (QED) is 0.557. The summed E-state index contributed by atoms with van der Waals surface area (Å²) in [7, 11) is 3.67. The highest BCUT2D eigenvalue weighted by Gasteiger charge is 2.21. The van der Waals surface area contributed by atoms with Gasteiger partial charge in [-0.15, -0.1) is 0 Å². The number of halogens is 1. The predicted molar refractivity (Wildman–Crippen MR) is 79.0 cm³/mol. The number of hydrogen-bond acceptors (Lipinski definition) is 5. The van der Waals surface area contributed by atoms with E-state index in [9.17, 15) is 0 Å². The molecule has 0 saturated carbocycles. The molecule has 0 aliphatic carbocycles. The number of nitrogens with one attached hydrogen (secondary N) is 1. The Morgan fingerprint density at radius 3 is 2.55 bits per heavy atom. The number of aromatic nitrogens is 4. The van der Waals surface area contributed by atoms with Gasteiger partial charge in [-0.1, -0.05) is 18.5 Å². The molecule has 2 aromatic rings. The van der Waals surface area contributed by atoms with E-state index in [0.717, 1.165) is 23.4 Å². The molecule has 2 aromatic heterocycles. The van der Waals surface area contributed by atoms with Crippen LogP contribution in [0.15, 0.2) is 6.20 Å². The van der Waals surface area contributed by atoms with Crippen molar-refractivity contribution in [2.75, 3.05) is 5.73 Å². The molecule has 0 aliphatic heterocycles. The topological polar surface area (TPSA) is 99.7 Å². The van der Waals surface area contributed by atoms with Crippen LogP contribution in [0, 0.1) is 0 Å². The van der Waals surface area contributed by atoms with Crippen molar-refractivity contribution in [3.05, 3.63) is 28.2 Å². The molecule has 0 spiro atoms. The molecule has 0 saturated heterocycles. The molecular weight excluding hydrogens is 278 g/mol. The van der Waals surface area contributed by atoms with Gasteiger partial charge in [0.1, 0.15) is 5.82 Å². The second kappa shape index (κ2) is 5.82. The van der Waals surface area contributed by atoms with Crippen LogP contribution in [0.1, 0.15) is 29.9 Å². The highest BCUT2D eigenvalue weighted by Crippen LogP contribution is 2.28. The van der Waals surface area contributed by atoms with Crippen molar-refractivity contribution in [1.29, 1.82) is 0 Å². The van der Waals surface area contributed by atoms with Crippen molar-refractivity contribution >= 4 is 17.4 Å². The monoisotopic (exact) mass is 297 g/mol. The van der Waals surface area contributed by atoms with Gasteiger partial charge in [0.05, 0.1) is 28.6 Å². The van der Waals surface area contributed by atoms with Crippen LogP contribution >= 0.6 is 11.6 Å². The van der Waals surface area contributed by atoms with Crippen LogP contribution in [0.5, 0.6) is 0 Å². The third kappa shape index (κ3) is 2.52. The maximum atomic E-state index is 6.36. The fourth-order valence-electron chi connectivity index (χ4n) is 2.23. The molecule has 20 heavy (non-hydrogen) atoms. The van der Waals surface area contributed by atoms with E-state index < -0.39 is 0 Å². The Hall–Kier alpha value is -1.57. The van der Waals surface area contributed by atoms with Crippen molar-refractivity contribution in [1.82, 2.24) is 25.0 Å². The molecule has 0 radical (unpaired) electrons. The molecule has 0 amide bonds. The summed E-state index contributed by atoms with van der Waals surface area (Å²) in [6.07, 6.45) is 3.10. The average Bonchev–Trinajstić information content (AvgIpc) is 2.90. The van der Waals surface area contributed by atoms with Gasteiger partial charge in [0.25, 0.3) is 0 Å². The molecule has 0 fully saturated rings. The number of nitrogens with two attached hydrogens (primary N) is 2. The zero-order valence-corrected chi connectivity index (χ0v) is 12.6. The summed E-state index contributed by atoms with van der Waals surface area (Å²) in [5, 5.41) is 9.23. The summed E-state index contributed by atoms with van der Waals surface area (Å²) in [6, 6.07) is -0.165. The first-order valence-electron chi connectivity index (χ1n) is 6.43. The van der Waals surface area contributed by atoms with Crippen LogP contribution in [0.3, 0.4) is 0 Å². The molecule has 8 heteroatoms. The number of rotatable bonds is 5. The van der Waals surface area contributed by atoms with Gasteiger partial charge in [-0.25, -0.2) is 0 Å². The summed E-state index contributed by atoms with van der Waals surface area (Å²) >= 11 is 6.36. The Labute approximate surface area is 122 Å². The minimum absolute atomic E-state index is 0.165. The molecule has 7 nitrogen and oxygen atoms in total. The molecule has 1 atom stereocenters. The minimum atomic E-state index is -0.165. The maximum absolute atomic E-state index is 6.36. The predicted octanol–water partition coefficient (Wildman–Crippen LogP) is 0.699. The van der Waals surface area contributed by atoms with E-state index in [1.807, 2.05) is 14.0 Å². The number of anilines is 1. The van der Waals surface area contributed by atoms with E-state index in [2.05, 4.69) is 15.6 Å². The molecule has 0 bridgehead atoms. The number of hydrazine groups is 1. The van der Waals surface area contributed by atoms with Crippen molar-refractivity contribution < 1.29 is 0 Å². The van der Waals surface area contributed by atoms with Crippen LogP contribution in [-0.4, -0.2) is 19.6 Å². The molecule has 2 heterocycles. The van der Waals surface area contributed by atoms with E-state index in [1.165, 1.54) is 0 Å². The second-order valence-corrected chi connectivity index (χ2v) is 5.09. The molecule has 5 N–H and O–H groups in total. The zero-order valence-electron chi connectivity index (χ0n) is 11.9. The van der Waals surface area contributed by atoms with Gasteiger partial charge in [-0.3, -0.25) is 20.6 Å². The molecule has 0 aliphatic rings. The van der Waals surface area contributed by atoms with Crippen LogP contribution in [0.4, 0.5) is 5.82 Å². The molecule has 110 valence electrons. The van der Waals surface area contributed by atoms with Crippen LogP contribution in [-0.2, 0) is 26.9 Å². The second-order valence-electron chi connectivity index (χ2n) is 4.72. The van der Waals surface area contributed by atoms with Crippen molar-refractivity contribution in [3.8, 4) is 0 Å². The average molecular weight is 298 g/mol. The van der Waals surface area contributed by atoms with Gasteiger partial charge in [-0.05, 0) is 6.42 Å². The number of hydrogen-bond donors (Lipinski definition) is 3. The minimum Gasteiger partial charge on any atom is -0.384 e. The van der Waals surface area contributed by atoms with Gasteiger partial charge >= 0.3 is 0 Å². The number of nitrogen functional groups attached to an aromatic ring is 1. The van der Waals surface area contributed by atoms with E-state index >= 15 is 0 Å². The SMILES string of the molecule is CCc1nn(C)c(CC(NN)c2cnn(C)c2N)c1Cl. The first-order chi connectivity index (χ1) is 9.49. The lowest BCUT2D eigenvalue weighted by Gasteiger charge is -2.15. The zero-order chi connectivity index (χ0) is 14.9. The molecular formula is C12H20ClN7. The Bertz CT molecular complexity index is 601. The standard InChI is InChI=1S/C12H20ClN7/c1-4-8-11(13)10(19(2)18-8)5-9(17-15)7-6-16-20(3)12(7)14/h6,9,17H,4-5,14-15H2,1-3H3. The first kappa shape index (κ1) is 14.8. The molecule has 2 rings (SSSR count). The lowest BCUT2D eigenvalue weighted by atomic mass is 10.0. The van der Waals surface area contributed by atoms with Gasteiger partial charge in [-0.2, -0.15) is 10.2 Å². The Morgan fingerprint density at radius 1 is 1.40 bits per heavy atom. The van der Waals surface area contributed by atoms with Crippen molar-refractivity contribution in [3.63, 3.8) is 0 Å². The van der Waals surface area contributed by atoms with Gasteiger partial charge < -0.3 is 5.73 Å². The Kier molecular flexibility index (Phi) is 4.32. The Balaban J connectivity index is 2.32. The smallest absolute Gasteiger partial charge is 0.126 e. The molecule has 1 unspecified atom stereocenters. The van der Waals surface area contributed by atoms with Crippen molar-refractivity contribution in [2.45, 2.75) is 25.8 Å². The van der Waals surface area contributed by atoms with Gasteiger partial charge in [0.2, 0.25) is 0 Å². The molecule has 0 aromatic carbocycles. The third-order valence-electron chi connectivity index (χ3n) is 3.49. The number of nitrogens with zero attached hydrogens (tertiary/aromatic N) is 4. The van der Waals surface area contributed by atoms with E-state index in [0.29, 0.717) is 17.3 Å². The summed E-state index contributed by atoms with van der Waals surface area (Å²) < 4.78 is 3.40. The maximum Gasteiger partial charge on any atom is 0.126 e. The summed E-state index contributed by atoms with van der Waals surface area (Å²) in [6.45, 7) is 2.02.